The van der Waals surface area contributed by atoms with Gasteiger partial charge in [0.05, 0.1) is 44.4 Å². The molecule has 2 amide bonds. The largest absolute Gasteiger partial charge is 0.396 e. The number of nitrogens with one attached hydrogen (secondary N) is 1. The Balaban J connectivity index is 1.20. The lowest BCUT2D eigenvalue weighted by Gasteiger charge is -2.37. The Hall–Kier alpha value is -5.01. The van der Waals surface area contributed by atoms with Crippen molar-refractivity contribution in [2.45, 2.75) is 64.5 Å². The van der Waals surface area contributed by atoms with Gasteiger partial charge in [-0.05, 0) is 38.6 Å². The summed E-state index contributed by atoms with van der Waals surface area (Å²) >= 11 is 0. The summed E-state index contributed by atoms with van der Waals surface area (Å²) < 4.78 is 19.7. The SMILES string of the molecule is C#CCOCCOCCOCCNc1nc(N2CCN(C(=O)Cn3cc(CCO)nn3)CC2)nc(N2CCN(C(=O)[C@H](CCCCN)n3cc(CCCC)nn3)CC2)n1. The van der Waals surface area contributed by atoms with Gasteiger partial charge in [-0.3, -0.25) is 9.59 Å². The average molecular weight is 824 g/mol. The molecule has 4 N–H and O–H groups in total. The second-order valence-electron chi connectivity index (χ2n) is 14.3. The van der Waals surface area contributed by atoms with E-state index in [4.69, 9.17) is 41.3 Å². The smallest absolute Gasteiger partial charge is 0.247 e. The molecule has 0 aliphatic carbocycles. The first-order valence-electron chi connectivity index (χ1n) is 20.8. The molecular weight excluding hydrogens is 763 g/mol. The third-order valence-corrected chi connectivity index (χ3v) is 9.99. The van der Waals surface area contributed by atoms with Crippen LogP contribution in [0.4, 0.5) is 17.8 Å². The molecule has 0 radical (unpaired) electrons. The highest BCUT2D eigenvalue weighted by atomic mass is 16.5. The number of nitrogens with two attached hydrogens (primary N) is 1. The molecule has 0 aromatic carbocycles. The van der Waals surface area contributed by atoms with E-state index in [0.717, 1.165) is 37.8 Å². The molecule has 1 atom stereocenters. The van der Waals surface area contributed by atoms with Gasteiger partial charge in [0, 0.05) is 84.3 Å². The van der Waals surface area contributed by atoms with Crippen LogP contribution in [0.2, 0.25) is 0 Å². The molecule has 21 nitrogen and oxygen atoms in total. The maximum absolute atomic E-state index is 14.0. The number of hydrogen-bond acceptors (Lipinski definition) is 17. The highest BCUT2D eigenvalue weighted by molar-refractivity contribution is 5.80. The Labute approximate surface area is 345 Å². The zero-order chi connectivity index (χ0) is 41.7. The van der Waals surface area contributed by atoms with Crippen LogP contribution in [-0.2, 0) is 43.2 Å². The van der Waals surface area contributed by atoms with Crippen LogP contribution < -0.4 is 20.9 Å². The summed E-state index contributed by atoms with van der Waals surface area (Å²) in [7, 11) is 0. The minimum absolute atomic E-state index is 0.0248. The fraction of sp³-hybridized carbons (Fsp3) is 0.711. The fourth-order valence-electron chi connectivity index (χ4n) is 6.69. The fourth-order valence-corrected chi connectivity index (χ4v) is 6.69. The monoisotopic (exact) mass is 823 g/mol. The number of aliphatic hydroxyl groups excluding tert-OH is 1. The molecule has 324 valence electrons. The first-order chi connectivity index (χ1) is 28.9. The predicted octanol–water partition coefficient (Wildman–Crippen LogP) is -0.605. The standard InChI is InChI=1S/C38H61N15O6/c1-3-5-8-31-29-53(47-45-31)33(9-6-7-11-39)35(56)49-15-19-51(20-16-49)38-42-36(40-12-23-58-25-27-59-26-24-57-22-4-2)41-37(43-38)50-17-13-48(14-18-50)34(55)30-52-28-32(10-21-54)44-46-52/h2,28-29,33,54H,3,5-27,30,39H2,1H3,(H,40,41,42,43)/t33-/m0/s1. The molecule has 2 aliphatic rings. The summed E-state index contributed by atoms with van der Waals surface area (Å²) in [5.74, 6) is 3.79. The van der Waals surface area contributed by atoms with Crippen LogP contribution in [0, 0.1) is 12.3 Å². The first kappa shape index (κ1) is 45.1. The van der Waals surface area contributed by atoms with Gasteiger partial charge in [-0.25, -0.2) is 9.36 Å². The number of carbonyl (C=O) groups excluding carboxylic acids is 2. The van der Waals surface area contributed by atoms with Gasteiger partial charge in [-0.1, -0.05) is 29.7 Å². The molecule has 2 fully saturated rings. The summed E-state index contributed by atoms with van der Waals surface area (Å²) in [5.41, 5.74) is 7.33. The van der Waals surface area contributed by atoms with Crippen LogP contribution in [-0.4, -0.2) is 183 Å². The average Bonchev–Trinajstić information content (AvgIpc) is 3.93. The van der Waals surface area contributed by atoms with Crippen LogP contribution >= 0.6 is 0 Å². The summed E-state index contributed by atoms with van der Waals surface area (Å²) in [6.07, 6.45) is 14.4. The second-order valence-corrected chi connectivity index (χ2v) is 14.3. The van der Waals surface area contributed by atoms with E-state index in [9.17, 15) is 14.7 Å². The first-order valence-corrected chi connectivity index (χ1v) is 20.8. The topological polar surface area (TPSA) is 233 Å². The zero-order valence-corrected chi connectivity index (χ0v) is 34.4. The summed E-state index contributed by atoms with van der Waals surface area (Å²) in [5, 5.41) is 29.2. The van der Waals surface area contributed by atoms with Crippen molar-refractivity contribution in [2.75, 3.05) is 127 Å². The summed E-state index contributed by atoms with van der Waals surface area (Å²) in [6, 6.07) is -0.442. The molecule has 0 bridgehead atoms. The van der Waals surface area contributed by atoms with Gasteiger partial charge in [0.2, 0.25) is 29.7 Å². The molecule has 3 aromatic heterocycles. The Bertz CT molecular complexity index is 1740. The molecule has 5 rings (SSSR count). The normalized spacial score (nSPS) is 15.1. The Morgan fingerprint density at radius 3 is 2.14 bits per heavy atom. The number of carbonyl (C=O) groups is 2. The number of rotatable bonds is 26. The van der Waals surface area contributed by atoms with Crippen LogP contribution in [0.15, 0.2) is 12.4 Å². The van der Waals surface area contributed by atoms with E-state index in [1.54, 1.807) is 15.8 Å². The minimum atomic E-state index is -0.442. The van der Waals surface area contributed by atoms with E-state index in [-0.39, 0.29) is 31.6 Å². The van der Waals surface area contributed by atoms with Crippen LogP contribution in [0.25, 0.3) is 0 Å². The number of nitrogens with zero attached hydrogens (tertiary/aromatic N) is 13. The molecule has 5 heterocycles. The maximum atomic E-state index is 14.0. The highest BCUT2D eigenvalue weighted by Crippen LogP contribution is 2.23. The quantitative estimate of drug-likeness (QED) is 0.0677. The lowest BCUT2D eigenvalue weighted by atomic mass is 10.1. The van der Waals surface area contributed by atoms with Gasteiger partial charge >= 0.3 is 0 Å². The van der Waals surface area contributed by atoms with Crippen molar-refractivity contribution in [3.63, 3.8) is 0 Å². The van der Waals surface area contributed by atoms with Crippen molar-refractivity contribution in [1.29, 1.82) is 0 Å². The number of aryl methyl sites for hydroxylation is 1. The molecule has 0 saturated carbocycles. The van der Waals surface area contributed by atoms with Crippen molar-refractivity contribution >= 4 is 29.7 Å². The maximum Gasteiger partial charge on any atom is 0.247 e. The molecule has 59 heavy (non-hydrogen) atoms. The minimum Gasteiger partial charge on any atom is -0.396 e. The second kappa shape index (κ2) is 24.8. The molecule has 0 unspecified atom stereocenters. The van der Waals surface area contributed by atoms with E-state index in [1.807, 2.05) is 11.1 Å². The number of ether oxygens (including phenoxy) is 3. The number of terminal acetylenes is 1. The lowest BCUT2D eigenvalue weighted by molar-refractivity contribution is -0.135. The Morgan fingerprint density at radius 1 is 0.831 bits per heavy atom. The van der Waals surface area contributed by atoms with Gasteiger partial charge < -0.3 is 50.0 Å². The van der Waals surface area contributed by atoms with Gasteiger partial charge in [-0.15, -0.1) is 16.6 Å². The van der Waals surface area contributed by atoms with Crippen LogP contribution in [0.3, 0.4) is 0 Å². The highest BCUT2D eigenvalue weighted by Gasteiger charge is 2.31. The van der Waals surface area contributed by atoms with Gasteiger partial charge in [-0.2, -0.15) is 15.0 Å². The summed E-state index contributed by atoms with van der Waals surface area (Å²) in [4.78, 5) is 49.4. The van der Waals surface area contributed by atoms with Crippen LogP contribution in [0.5, 0.6) is 0 Å². The number of anilines is 3. The van der Waals surface area contributed by atoms with E-state index >= 15 is 0 Å². The van der Waals surface area contributed by atoms with Crippen molar-refractivity contribution in [2.24, 2.45) is 5.73 Å². The number of hydrogen-bond donors (Lipinski definition) is 3. The van der Waals surface area contributed by atoms with Crippen molar-refractivity contribution in [1.82, 2.24) is 54.7 Å². The Kier molecular flexibility index (Phi) is 19.0. The van der Waals surface area contributed by atoms with Gasteiger partial charge in [0.1, 0.15) is 19.2 Å². The van der Waals surface area contributed by atoms with E-state index in [1.165, 1.54) is 4.68 Å². The predicted molar refractivity (Wildman–Crippen MR) is 219 cm³/mol. The van der Waals surface area contributed by atoms with Crippen LogP contribution in [0.1, 0.15) is 56.5 Å². The lowest BCUT2D eigenvalue weighted by Crippen LogP contribution is -2.51. The third kappa shape index (κ3) is 14.3. The summed E-state index contributed by atoms with van der Waals surface area (Å²) in [6.45, 7) is 9.64. The van der Waals surface area contributed by atoms with Crippen molar-refractivity contribution in [3.05, 3.63) is 23.8 Å². The van der Waals surface area contributed by atoms with Gasteiger partial charge in [0.25, 0.3) is 0 Å². The van der Waals surface area contributed by atoms with Crippen molar-refractivity contribution in [3.8, 4) is 12.3 Å². The number of unbranched alkanes of at least 4 members (excludes halogenated alkanes) is 2. The van der Waals surface area contributed by atoms with E-state index < -0.39 is 6.04 Å². The molecule has 0 spiro atoms. The van der Waals surface area contributed by atoms with Gasteiger partial charge in [0.15, 0.2) is 0 Å². The number of amides is 2. The Morgan fingerprint density at radius 2 is 1.47 bits per heavy atom. The molecule has 21 heteroatoms. The molecule has 2 aliphatic heterocycles. The van der Waals surface area contributed by atoms with E-state index in [0.29, 0.717) is 135 Å². The van der Waals surface area contributed by atoms with Crippen molar-refractivity contribution < 1.29 is 28.9 Å². The number of piperazine rings is 2. The number of aromatic nitrogens is 9. The third-order valence-electron chi connectivity index (χ3n) is 9.99. The van der Waals surface area contributed by atoms with E-state index in [2.05, 4.69) is 48.6 Å². The molecular formula is C38H61N15O6. The molecule has 2 saturated heterocycles. The number of aliphatic hydroxyl groups is 1. The zero-order valence-electron chi connectivity index (χ0n) is 34.4. The molecule has 3 aromatic rings.